The number of nitrogens with zero attached hydrogens (tertiary/aromatic N) is 1. The molecule has 0 saturated carbocycles. The molecule has 144 valence electrons. The summed E-state index contributed by atoms with van der Waals surface area (Å²) in [4.78, 5) is 14.7. The van der Waals surface area contributed by atoms with Crippen LogP contribution in [0.15, 0.2) is 18.2 Å². The zero-order valence-electron chi connectivity index (χ0n) is 15.8. The first kappa shape index (κ1) is 19.3. The maximum atomic E-state index is 12.2. The maximum Gasteiger partial charge on any atom is 0.252 e. The molecule has 0 spiro atoms. The predicted molar refractivity (Wildman–Crippen MR) is 102 cm³/mol. The van der Waals surface area contributed by atoms with Gasteiger partial charge in [0.2, 0.25) is 0 Å². The molecule has 5 heteroatoms. The number of rotatable bonds is 6. The summed E-state index contributed by atoms with van der Waals surface area (Å²) < 4.78 is 0. The number of carbonyl (C=O) groups is 1. The first-order chi connectivity index (χ1) is 12.6. The number of aliphatic hydroxyl groups excluding tert-OH is 2. The number of aryl methyl sites for hydroxylation is 1. The van der Waals surface area contributed by atoms with Crippen molar-refractivity contribution in [2.24, 2.45) is 0 Å². The molecule has 3 atom stereocenters. The third-order valence-corrected chi connectivity index (χ3v) is 5.74. The number of aliphatic hydroxyl groups is 2. The van der Waals surface area contributed by atoms with E-state index in [9.17, 15) is 15.0 Å². The van der Waals surface area contributed by atoms with Gasteiger partial charge in [-0.25, -0.2) is 0 Å². The van der Waals surface area contributed by atoms with Crippen LogP contribution < -0.4 is 5.32 Å². The molecule has 0 unspecified atom stereocenters. The highest BCUT2D eigenvalue weighted by molar-refractivity contribution is 5.81. The summed E-state index contributed by atoms with van der Waals surface area (Å²) in [7, 11) is 0. The SMILES string of the molecule is CC[C@@H](O)[C@@H](O)C(=O)N[C@@H]1CCCc2cc(CN3CCCCC3)ccc21. The standard InChI is InChI=1S/C21H32N2O3/c1-2-19(24)20(25)21(26)22-18-8-6-7-16-13-15(9-10-17(16)18)14-23-11-4-3-5-12-23/h9-10,13,18-20,24-25H,2-8,11-12,14H2,1H3,(H,22,26)/t18-,19-,20-/m1/s1. The highest BCUT2D eigenvalue weighted by Gasteiger charge is 2.28. The third-order valence-electron chi connectivity index (χ3n) is 5.74. The Morgan fingerprint density at radius 1 is 1.23 bits per heavy atom. The molecule has 1 aliphatic carbocycles. The Bertz CT molecular complexity index is 613. The van der Waals surface area contributed by atoms with Crippen LogP contribution in [0.25, 0.3) is 0 Å². The molecular formula is C21H32N2O3. The molecule has 26 heavy (non-hydrogen) atoms. The van der Waals surface area contributed by atoms with E-state index < -0.39 is 18.1 Å². The smallest absolute Gasteiger partial charge is 0.252 e. The van der Waals surface area contributed by atoms with Crippen LogP contribution in [0.4, 0.5) is 0 Å². The molecule has 1 amide bonds. The fourth-order valence-electron chi connectivity index (χ4n) is 4.15. The molecule has 0 aromatic heterocycles. The predicted octanol–water partition coefficient (Wildman–Crippen LogP) is 2.30. The van der Waals surface area contributed by atoms with Crippen LogP contribution in [-0.2, 0) is 17.8 Å². The van der Waals surface area contributed by atoms with Crippen molar-refractivity contribution in [2.75, 3.05) is 13.1 Å². The molecule has 1 aromatic carbocycles. The minimum Gasteiger partial charge on any atom is -0.390 e. The van der Waals surface area contributed by atoms with Crippen molar-refractivity contribution in [3.63, 3.8) is 0 Å². The second-order valence-corrected chi connectivity index (χ2v) is 7.74. The van der Waals surface area contributed by atoms with Crippen LogP contribution in [-0.4, -0.2) is 46.3 Å². The Kier molecular flexibility index (Phi) is 6.68. The zero-order valence-corrected chi connectivity index (χ0v) is 15.8. The lowest BCUT2D eigenvalue weighted by Gasteiger charge is -2.30. The summed E-state index contributed by atoms with van der Waals surface area (Å²) in [6.07, 6.45) is 4.87. The second-order valence-electron chi connectivity index (χ2n) is 7.74. The molecule has 3 rings (SSSR count). The van der Waals surface area contributed by atoms with Gasteiger partial charge in [0, 0.05) is 6.54 Å². The van der Waals surface area contributed by atoms with Crippen molar-refractivity contribution in [3.05, 3.63) is 34.9 Å². The average Bonchev–Trinajstić information content (AvgIpc) is 2.67. The second kappa shape index (κ2) is 8.98. The molecule has 1 aliphatic heterocycles. The first-order valence-electron chi connectivity index (χ1n) is 10.1. The summed E-state index contributed by atoms with van der Waals surface area (Å²) in [5.41, 5.74) is 3.81. The molecule has 1 heterocycles. The van der Waals surface area contributed by atoms with Crippen molar-refractivity contribution in [1.29, 1.82) is 0 Å². The van der Waals surface area contributed by atoms with Gasteiger partial charge in [-0.1, -0.05) is 31.5 Å². The number of carbonyl (C=O) groups excluding carboxylic acids is 1. The van der Waals surface area contributed by atoms with E-state index in [1.54, 1.807) is 6.92 Å². The lowest BCUT2D eigenvalue weighted by Crippen LogP contribution is -2.44. The summed E-state index contributed by atoms with van der Waals surface area (Å²) in [6.45, 7) is 5.13. The molecule has 5 nitrogen and oxygen atoms in total. The fourth-order valence-corrected chi connectivity index (χ4v) is 4.15. The van der Waals surface area contributed by atoms with Gasteiger partial charge in [-0.3, -0.25) is 9.69 Å². The van der Waals surface area contributed by atoms with Crippen LogP contribution >= 0.6 is 0 Å². The van der Waals surface area contributed by atoms with Gasteiger partial charge in [0.05, 0.1) is 12.1 Å². The number of benzene rings is 1. The highest BCUT2D eigenvalue weighted by atomic mass is 16.3. The van der Waals surface area contributed by atoms with Crippen LogP contribution in [0.5, 0.6) is 0 Å². The Morgan fingerprint density at radius 2 is 2.00 bits per heavy atom. The number of likely N-dealkylation sites (tertiary alicyclic amines) is 1. The van der Waals surface area contributed by atoms with Gasteiger partial charge >= 0.3 is 0 Å². The van der Waals surface area contributed by atoms with E-state index in [2.05, 4.69) is 28.4 Å². The van der Waals surface area contributed by atoms with E-state index in [0.717, 1.165) is 31.4 Å². The minimum absolute atomic E-state index is 0.0750. The van der Waals surface area contributed by atoms with Crippen LogP contribution in [0.1, 0.15) is 68.2 Å². The van der Waals surface area contributed by atoms with E-state index in [0.29, 0.717) is 6.42 Å². The molecule has 0 bridgehead atoms. The Morgan fingerprint density at radius 3 is 2.73 bits per heavy atom. The lowest BCUT2D eigenvalue weighted by molar-refractivity contribution is -0.136. The van der Waals surface area contributed by atoms with E-state index >= 15 is 0 Å². The molecule has 2 aliphatic rings. The van der Waals surface area contributed by atoms with E-state index in [1.165, 1.54) is 43.5 Å². The Balaban J connectivity index is 1.66. The highest BCUT2D eigenvalue weighted by Crippen LogP contribution is 2.31. The van der Waals surface area contributed by atoms with Crippen LogP contribution in [0, 0.1) is 0 Å². The number of nitrogens with one attached hydrogen (secondary N) is 1. The van der Waals surface area contributed by atoms with Crippen molar-refractivity contribution in [1.82, 2.24) is 10.2 Å². The Labute approximate surface area is 156 Å². The van der Waals surface area contributed by atoms with Gasteiger partial charge in [0.25, 0.3) is 5.91 Å². The first-order valence-corrected chi connectivity index (χ1v) is 10.1. The fraction of sp³-hybridized carbons (Fsp3) is 0.667. The van der Waals surface area contributed by atoms with Crippen molar-refractivity contribution < 1.29 is 15.0 Å². The van der Waals surface area contributed by atoms with Gasteiger partial charge in [-0.15, -0.1) is 0 Å². The van der Waals surface area contributed by atoms with Gasteiger partial charge in [0.1, 0.15) is 0 Å². The minimum atomic E-state index is -1.36. The number of amides is 1. The maximum absolute atomic E-state index is 12.2. The van der Waals surface area contributed by atoms with Gasteiger partial charge < -0.3 is 15.5 Å². The number of hydrogen-bond donors (Lipinski definition) is 3. The summed E-state index contributed by atoms with van der Waals surface area (Å²) >= 11 is 0. The van der Waals surface area contributed by atoms with Crippen molar-refractivity contribution in [3.8, 4) is 0 Å². The van der Waals surface area contributed by atoms with E-state index in [-0.39, 0.29) is 6.04 Å². The van der Waals surface area contributed by atoms with Crippen molar-refractivity contribution >= 4 is 5.91 Å². The number of hydrogen-bond acceptors (Lipinski definition) is 4. The topological polar surface area (TPSA) is 72.8 Å². The van der Waals surface area contributed by atoms with E-state index in [1.807, 2.05) is 0 Å². The number of fused-ring (bicyclic) bond motifs is 1. The molecule has 1 saturated heterocycles. The van der Waals surface area contributed by atoms with Crippen LogP contribution in [0.2, 0.25) is 0 Å². The monoisotopic (exact) mass is 360 g/mol. The molecular weight excluding hydrogens is 328 g/mol. The van der Waals surface area contributed by atoms with Gasteiger partial charge in [-0.2, -0.15) is 0 Å². The zero-order chi connectivity index (χ0) is 18.5. The third kappa shape index (κ3) is 4.64. The van der Waals surface area contributed by atoms with Crippen molar-refractivity contribution in [2.45, 2.75) is 76.7 Å². The summed E-state index contributed by atoms with van der Waals surface area (Å²) in [6, 6.07) is 6.53. The molecule has 0 radical (unpaired) electrons. The number of piperidine rings is 1. The summed E-state index contributed by atoms with van der Waals surface area (Å²) in [5.74, 6) is -0.477. The largest absolute Gasteiger partial charge is 0.390 e. The van der Waals surface area contributed by atoms with Gasteiger partial charge in [0.15, 0.2) is 6.10 Å². The van der Waals surface area contributed by atoms with E-state index in [4.69, 9.17) is 0 Å². The molecule has 1 fully saturated rings. The Hall–Kier alpha value is -1.43. The average molecular weight is 360 g/mol. The van der Waals surface area contributed by atoms with Gasteiger partial charge in [-0.05, 0) is 68.3 Å². The summed E-state index contributed by atoms with van der Waals surface area (Å²) in [5, 5.41) is 22.6. The normalized spacial score (nSPS) is 23.1. The molecule has 1 aromatic rings. The molecule has 3 N–H and O–H groups in total. The quantitative estimate of drug-likeness (QED) is 0.728. The van der Waals surface area contributed by atoms with Crippen LogP contribution in [0.3, 0.4) is 0 Å². The lowest BCUT2D eigenvalue weighted by atomic mass is 9.86.